The molecule has 2 amide bonds. The van der Waals surface area contributed by atoms with Gasteiger partial charge in [-0.3, -0.25) is 9.59 Å². The Hall–Kier alpha value is -4.43. The summed E-state index contributed by atoms with van der Waals surface area (Å²) in [7, 11) is 2.06. The second-order valence-electron chi connectivity index (χ2n) is 9.45. The first-order valence-electron chi connectivity index (χ1n) is 13.1. The molecule has 3 aromatic carbocycles. The van der Waals surface area contributed by atoms with Gasteiger partial charge in [-0.1, -0.05) is 48.5 Å². The molecule has 4 rings (SSSR count). The monoisotopic (exact) mass is 526 g/mol. The number of nitrogens with one attached hydrogen (secondary N) is 3. The first-order valence-corrected chi connectivity index (χ1v) is 13.1. The van der Waals surface area contributed by atoms with Gasteiger partial charge in [0.15, 0.2) is 0 Å². The summed E-state index contributed by atoms with van der Waals surface area (Å²) in [6.07, 6.45) is 0.883. The number of hydrogen-bond donors (Lipinski definition) is 3. The number of anilines is 2. The van der Waals surface area contributed by atoms with Gasteiger partial charge in [0.25, 0.3) is 5.91 Å². The average molecular weight is 527 g/mol. The summed E-state index contributed by atoms with van der Waals surface area (Å²) in [5.74, 6) is -0.674. The summed E-state index contributed by atoms with van der Waals surface area (Å²) in [6.45, 7) is 5.89. The molecule has 202 valence electrons. The SMILES string of the molecule is CCOC(=O)c1ccc2c(c1)NC(=O)C2=C(Nc1ccc(CN(C)CCCNC(C)=O)cc1)c1ccccc1. The highest BCUT2D eigenvalue weighted by Crippen LogP contribution is 2.38. The minimum atomic E-state index is -0.424. The lowest BCUT2D eigenvalue weighted by Crippen LogP contribution is -2.26. The molecule has 0 atom stereocenters. The van der Waals surface area contributed by atoms with Crippen LogP contribution in [0.1, 0.15) is 47.3 Å². The topological polar surface area (TPSA) is 99.8 Å². The maximum absolute atomic E-state index is 13.2. The van der Waals surface area contributed by atoms with E-state index in [0.717, 1.165) is 41.9 Å². The molecule has 39 heavy (non-hydrogen) atoms. The average Bonchev–Trinajstić information content (AvgIpc) is 3.26. The highest BCUT2D eigenvalue weighted by Gasteiger charge is 2.29. The van der Waals surface area contributed by atoms with E-state index in [-0.39, 0.29) is 18.4 Å². The molecule has 3 aromatic rings. The molecule has 0 saturated heterocycles. The van der Waals surface area contributed by atoms with Crippen molar-refractivity contribution in [1.82, 2.24) is 10.2 Å². The number of ether oxygens (including phenoxy) is 1. The summed E-state index contributed by atoms with van der Waals surface area (Å²) in [5.41, 5.74) is 5.75. The number of fused-ring (bicyclic) bond motifs is 1. The van der Waals surface area contributed by atoms with Gasteiger partial charge in [0.2, 0.25) is 5.91 Å². The Morgan fingerprint density at radius 2 is 1.72 bits per heavy atom. The molecule has 8 nitrogen and oxygen atoms in total. The third kappa shape index (κ3) is 7.12. The molecule has 0 bridgehead atoms. The summed E-state index contributed by atoms with van der Waals surface area (Å²) in [5, 5.41) is 9.20. The predicted molar refractivity (Wildman–Crippen MR) is 154 cm³/mol. The fraction of sp³-hybridized carbons (Fsp3) is 0.258. The van der Waals surface area contributed by atoms with E-state index >= 15 is 0 Å². The molecule has 1 aliphatic rings. The lowest BCUT2D eigenvalue weighted by molar-refractivity contribution is -0.119. The van der Waals surface area contributed by atoms with E-state index in [0.29, 0.717) is 29.1 Å². The van der Waals surface area contributed by atoms with Crippen molar-refractivity contribution in [2.75, 3.05) is 37.4 Å². The van der Waals surface area contributed by atoms with E-state index in [1.54, 1.807) is 25.1 Å². The molecule has 0 saturated carbocycles. The molecule has 0 spiro atoms. The van der Waals surface area contributed by atoms with Gasteiger partial charge in [-0.15, -0.1) is 0 Å². The molecule has 1 aliphatic heterocycles. The largest absolute Gasteiger partial charge is 0.462 e. The summed E-state index contributed by atoms with van der Waals surface area (Å²) < 4.78 is 5.11. The Bertz CT molecular complexity index is 1370. The maximum Gasteiger partial charge on any atom is 0.338 e. The van der Waals surface area contributed by atoms with Crippen molar-refractivity contribution in [2.45, 2.75) is 26.8 Å². The molecule has 1 heterocycles. The molecule has 0 unspecified atom stereocenters. The Morgan fingerprint density at radius 3 is 2.41 bits per heavy atom. The van der Waals surface area contributed by atoms with Crippen LogP contribution >= 0.6 is 0 Å². The van der Waals surface area contributed by atoms with Crippen molar-refractivity contribution >= 4 is 40.4 Å². The number of benzene rings is 3. The van der Waals surface area contributed by atoms with Gasteiger partial charge in [0, 0.05) is 31.3 Å². The van der Waals surface area contributed by atoms with Crippen LogP contribution in [-0.2, 0) is 20.9 Å². The van der Waals surface area contributed by atoms with Crippen LogP contribution in [0, 0.1) is 0 Å². The third-order valence-corrected chi connectivity index (χ3v) is 6.35. The zero-order valence-electron chi connectivity index (χ0n) is 22.5. The van der Waals surface area contributed by atoms with Crippen LogP contribution in [0.2, 0.25) is 0 Å². The van der Waals surface area contributed by atoms with Gasteiger partial charge in [-0.2, -0.15) is 0 Å². The van der Waals surface area contributed by atoms with Crippen LogP contribution in [0.15, 0.2) is 72.8 Å². The number of nitrogens with zero attached hydrogens (tertiary/aromatic N) is 1. The Morgan fingerprint density at radius 1 is 0.974 bits per heavy atom. The fourth-order valence-corrected chi connectivity index (χ4v) is 4.49. The van der Waals surface area contributed by atoms with Crippen molar-refractivity contribution in [3.63, 3.8) is 0 Å². The van der Waals surface area contributed by atoms with Crippen molar-refractivity contribution in [1.29, 1.82) is 0 Å². The molecule has 3 N–H and O–H groups in total. The quantitative estimate of drug-likeness (QED) is 0.189. The van der Waals surface area contributed by atoms with Crippen LogP contribution in [-0.4, -0.2) is 49.4 Å². The smallest absolute Gasteiger partial charge is 0.338 e. The highest BCUT2D eigenvalue weighted by molar-refractivity contribution is 6.37. The zero-order chi connectivity index (χ0) is 27.8. The van der Waals surface area contributed by atoms with E-state index in [4.69, 9.17) is 4.74 Å². The zero-order valence-corrected chi connectivity index (χ0v) is 22.5. The Labute approximate surface area is 229 Å². The molecular formula is C31H34N4O4. The van der Waals surface area contributed by atoms with E-state index in [1.165, 1.54) is 6.92 Å². The van der Waals surface area contributed by atoms with Gasteiger partial charge in [0.1, 0.15) is 0 Å². The lowest BCUT2D eigenvalue weighted by Gasteiger charge is -2.18. The van der Waals surface area contributed by atoms with Gasteiger partial charge < -0.3 is 25.6 Å². The number of amides is 2. The predicted octanol–water partition coefficient (Wildman–Crippen LogP) is 4.75. The van der Waals surface area contributed by atoms with Crippen molar-refractivity contribution in [3.8, 4) is 0 Å². The molecule has 0 aromatic heterocycles. The number of hydrogen-bond acceptors (Lipinski definition) is 6. The second kappa shape index (κ2) is 12.9. The number of carbonyl (C=O) groups is 3. The maximum atomic E-state index is 13.2. The molecular weight excluding hydrogens is 492 g/mol. The molecule has 0 radical (unpaired) electrons. The lowest BCUT2D eigenvalue weighted by atomic mass is 9.99. The Kier molecular flexibility index (Phi) is 9.12. The van der Waals surface area contributed by atoms with Gasteiger partial charge >= 0.3 is 5.97 Å². The molecule has 8 heteroatoms. The van der Waals surface area contributed by atoms with Gasteiger partial charge in [-0.05, 0) is 62.3 Å². The number of esters is 1. The fourth-order valence-electron chi connectivity index (χ4n) is 4.49. The van der Waals surface area contributed by atoms with Crippen LogP contribution in [0.3, 0.4) is 0 Å². The van der Waals surface area contributed by atoms with E-state index in [9.17, 15) is 14.4 Å². The van der Waals surface area contributed by atoms with Crippen molar-refractivity contribution in [3.05, 3.63) is 95.1 Å². The molecule has 0 fully saturated rings. The van der Waals surface area contributed by atoms with Crippen LogP contribution in [0.4, 0.5) is 11.4 Å². The Balaban J connectivity index is 1.56. The summed E-state index contributed by atoms with van der Waals surface area (Å²) >= 11 is 0. The first kappa shape index (κ1) is 27.6. The normalized spacial score (nSPS) is 13.5. The number of carbonyl (C=O) groups excluding carboxylic acids is 3. The van der Waals surface area contributed by atoms with E-state index in [2.05, 4.69) is 40.0 Å². The summed E-state index contributed by atoms with van der Waals surface area (Å²) in [6, 6.07) is 23.0. The van der Waals surface area contributed by atoms with Crippen molar-refractivity contribution < 1.29 is 19.1 Å². The minimum Gasteiger partial charge on any atom is -0.462 e. The van der Waals surface area contributed by atoms with E-state index in [1.807, 2.05) is 42.5 Å². The van der Waals surface area contributed by atoms with Crippen LogP contribution in [0.25, 0.3) is 11.3 Å². The van der Waals surface area contributed by atoms with E-state index < -0.39 is 5.97 Å². The summed E-state index contributed by atoms with van der Waals surface area (Å²) in [4.78, 5) is 38.7. The molecule has 0 aliphatic carbocycles. The first-order chi connectivity index (χ1) is 18.9. The van der Waals surface area contributed by atoms with Crippen LogP contribution in [0.5, 0.6) is 0 Å². The van der Waals surface area contributed by atoms with Gasteiger partial charge in [0.05, 0.1) is 29.1 Å². The van der Waals surface area contributed by atoms with Crippen LogP contribution < -0.4 is 16.0 Å². The standard InChI is InChI=1S/C31H34N4O4/c1-4-39-31(38)24-13-16-26-27(19-24)34-30(37)28(26)29(23-9-6-5-7-10-23)33-25-14-11-22(12-15-25)20-35(3)18-8-17-32-21(2)36/h5-7,9-16,19,33H,4,8,17-18,20H2,1-3H3,(H,32,36)(H,34,37). The number of rotatable bonds is 11. The highest BCUT2D eigenvalue weighted by atomic mass is 16.5. The third-order valence-electron chi connectivity index (χ3n) is 6.35. The second-order valence-corrected chi connectivity index (χ2v) is 9.45. The minimum absolute atomic E-state index is 0.00872. The van der Waals surface area contributed by atoms with Gasteiger partial charge in [-0.25, -0.2) is 4.79 Å². The van der Waals surface area contributed by atoms with Crippen molar-refractivity contribution in [2.24, 2.45) is 0 Å².